The van der Waals surface area contributed by atoms with Gasteiger partial charge in [-0.05, 0) is 26.8 Å². The number of rotatable bonds is 5. The molecular formula is C14H25N3O. The highest BCUT2D eigenvalue weighted by molar-refractivity contribution is 5.08. The van der Waals surface area contributed by atoms with Crippen LogP contribution in [0.3, 0.4) is 0 Å². The van der Waals surface area contributed by atoms with Crippen molar-refractivity contribution in [3.05, 3.63) is 18.2 Å². The number of hydrogen-bond donors (Lipinski definition) is 1. The standard InChI is InChI=1S/C14H25N3O/c1-4-18-14(8-6-5-7-9-14)12(15-2)13-16-10-11-17(13)3/h10-12,15H,4-9H2,1-3H3. The molecule has 1 aromatic heterocycles. The van der Waals surface area contributed by atoms with Crippen LogP contribution in [0, 0.1) is 0 Å². The van der Waals surface area contributed by atoms with Crippen molar-refractivity contribution in [1.82, 2.24) is 14.9 Å². The van der Waals surface area contributed by atoms with Crippen LogP contribution in [0.5, 0.6) is 0 Å². The Labute approximate surface area is 110 Å². The van der Waals surface area contributed by atoms with Gasteiger partial charge in [0, 0.05) is 26.0 Å². The van der Waals surface area contributed by atoms with E-state index in [0.717, 1.165) is 25.3 Å². The number of aryl methyl sites for hydroxylation is 1. The summed E-state index contributed by atoms with van der Waals surface area (Å²) in [5.74, 6) is 1.08. The van der Waals surface area contributed by atoms with Crippen LogP contribution in [-0.4, -0.2) is 28.8 Å². The second kappa shape index (κ2) is 5.85. The quantitative estimate of drug-likeness (QED) is 0.873. The van der Waals surface area contributed by atoms with Gasteiger partial charge in [0.1, 0.15) is 5.82 Å². The number of imidazole rings is 1. The first-order chi connectivity index (χ1) is 8.73. The van der Waals surface area contributed by atoms with E-state index in [1.54, 1.807) is 0 Å². The van der Waals surface area contributed by atoms with Crippen molar-refractivity contribution >= 4 is 0 Å². The highest BCUT2D eigenvalue weighted by atomic mass is 16.5. The van der Waals surface area contributed by atoms with Crippen molar-refractivity contribution in [2.45, 2.75) is 50.7 Å². The summed E-state index contributed by atoms with van der Waals surface area (Å²) in [6, 6.07) is 0.178. The van der Waals surface area contributed by atoms with Crippen LogP contribution in [0.25, 0.3) is 0 Å². The summed E-state index contributed by atoms with van der Waals surface area (Å²) in [4.78, 5) is 4.51. The highest BCUT2D eigenvalue weighted by Crippen LogP contribution is 2.40. The minimum absolute atomic E-state index is 0.0825. The lowest BCUT2D eigenvalue weighted by Gasteiger charge is -2.42. The molecule has 0 amide bonds. The maximum absolute atomic E-state index is 6.19. The van der Waals surface area contributed by atoms with Crippen molar-refractivity contribution in [3.8, 4) is 0 Å². The first kappa shape index (κ1) is 13.6. The Morgan fingerprint density at radius 2 is 2.17 bits per heavy atom. The Balaban J connectivity index is 2.29. The predicted octanol–water partition coefficient (Wildman–Crippen LogP) is 2.42. The third kappa shape index (κ3) is 2.45. The van der Waals surface area contributed by atoms with Gasteiger partial charge in [-0.3, -0.25) is 0 Å². The van der Waals surface area contributed by atoms with Gasteiger partial charge in [-0.25, -0.2) is 4.98 Å². The van der Waals surface area contributed by atoms with E-state index < -0.39 is 0 Å². The molecule has 0 saturated heterocycles. The number of hydrogen-bond acceptors (Lipinski definition) is 3. The molecule has 1 aliphatic rings. The average molecular weight is 251 g/mol. The molecule has 4 heteroatoms. The fraction of sp³-hybridized carbons (Fsp3) is 0.786. The van der Waals surface area contributed by atoms with Crippen molar-refractivity contribution in [3.63, 3.8) is 0 Å². The third-order valence-electron chi connectivity index (χ3n) is 4.06. The monoisotopic (exact) mass is 251 g/mol. The van der Waals surface area contributed by atoms with Crippen LogP contribution in [0.15, 0.2) is 12.4 Å². The molecule has 0 radical (unpaired) electrons. The zero-order valence-corrected chi connectivity index (χ0v) is 11.8. The summed E-state index contributed by atoms with van der Waals surface area (Å²) >= 11 is 0. The Kier molecular flexibility index (Phi) is 4.40. The van der Waals surface area contributed by atoms with Crippen LogP contribution >= 0.6 is 0 Å². The lowest BCUT2D eigenvalue weighted by molar-refractivity contribution is -0.0920. The maximum Gasteiger partial charge on any atom is 0.128 e. The topological polar surface area (TPSA) is 39.1 Å². The van der Waals surface area contributed by atoms with Crippen LogP contribution in [0.2, 0.25) is 0 Å². The molecule has 0 bridgehead atoms. The van der Waals surface area contributed by atoms with Gasteiger partial charge >= 0.3 is 0 Å². The largest absolute Gasteiger partial charge is 0.373 e. The number of aromatic nitrogens is 2. The summed E-state index contributed by atoms with van der Waals surface area (Å²) in [7, 11) is 4.06. The molecule has 1 N–H and O–H groups in total. The van der Waals surface area contributed by atoms with Gasteiger partial charge in [0.15, 0.2) is 0 Å². The molecule has 4 nitrogen and oxygen atoms in total. The molecule has 0 aromatic carbocycles. The Morgan fingerprint density at radius 3 is 2.67 bits per heavy atom. The van der Waals surface area contributed by atoms with E-state index in [-0.39, 0.29) is 11.6 Å². The average Bonchev–Trinajstić information content (AvgIpc) is 2.78. The molecule has 0 spiro atoms. The summed E-state index contributed by atoms with van der Waals surface area (Å²) in [5, 5.41) is 3.43. The van der Waals surface area contributed by atoms with E-state index in [4.69, 9.17) is 4.74 Å². The Bertz CT molecular complexity index is 363. The molecule has 1 heterocycles. The lowest BCUT2D eigenvalue weighted by atomic mass is 9.78. The molecule has 1 unspecified atom stereocenters. The van der Waals surface area contributed by atoms with E-state index in [2.05, 4.69) is 28.8 Å². The first-order valence-corrected chi connectivity index (χ1v) is 7.02. The Hall–Kier alpha value is -0.870. The van der Waals surface area contributed by atoms with Crippen LogP contribution < -0.4 is 5.32 Å². The maximum atomic E-state index is 6.19. The number of nitrogens with zero attached hydrogens (tertiary/aromatic N) is 2. The summed E-state index contributed by atoms with van der Waals surface area (Å²) in [6.45, 7) is 2.85. The molecule has 18 heavy (non-hydrogen) atoms. The van der Waals surface area contributed by atoms with Crippen LogP contribution in [-0.2, 0) is 11.8 Å². The van der Waals surface area contributed by atoms with Crippen molar-refractivity contribution < 1.29 is 4.74 Å². The van der Waals surface area contributed by atoms with Crippen molar-refractivity contribution in [1.29, 1.82) is 0 Å². The molecular weight excluding hydrogens is 226 g/mol. The van der Waals surface area contributed by atoms with E-state index in [0.29, 0.717) is 0 Å². The smallest absolute Gasteiger partial charge is 0.128 e. The van der Waals surface area contributed by atoms with Crippen LogP contribution in [0.4, 0.5) is 0 Å². The minimum atomic E-state index is -0.0825. The van der Waals surface area contributed by atoms with Gasteiger partial charge in [-0.15, -0.1) is 0 Å². The normalized spacial score (nSPS) is 20.8. The lowest BCUT2D eigenvalue weighted by Crippen LogP contribution is -2.47. The van der Waals surface area contributed by atoms with E-state index >= 15 is 0 Å². The summed E-state index contributed by atoms with van der Waals surface area (Å²) in [6.07, 6.45) is 9.94. The second-order valence-electron chi connectivity index (χ2n) is 5.18. The van der Waals surface area contributed by atoms with Gasteiger partial charge < -0.3 is 14.6 Å². The van der Waals surface area contributed by atoms with Crippen molar-refractivity contribution in [2.24, 2.45) is 7.05 Å². The predicted molar refractivity (Wildman–Crippen MR) is 72.5 cm³/mol. The van der Waals surface area contributed by atoms with Gasteiger partial charge in [0.2, 0.25) is 0 Å². The summed E-state index contributed by atoms with van der Waals surface area (Å²) in [5.41, 5.74) is -0.0825. The fourth-order valence-electron chi connectivity index (χ4n) is 3.24. The number of ether oxygens (including phenoxy) is 1. The molecule has 1 aliphatic carbocycles. The van der Waals surface area contributed by atoms with E-state index in [1.807, 2.05) is 19.4 Å². The molecule has 102 valence electrons. The van der Waals surface area contributed by atoms with Gasteiger partial charge in [-0.2, -0.15) is 0 Å². The summed E-state index contributed by atoms with van der Waals surface area (Å²) < 4.78 is 8.28. The van der Waals surface area contributed by atoms with Gasteiger partial charge in [0.05, 0.1) is 11.6 Å². The molecule has 1 aromatic rings. The highest BCUT2D eigenvalue weighted by Gasteiger charge is 2.42. The molecule has 1 saturated carbocycles. The van der Waals surface area contributed by atoms with Crippen molar-refractivity contribution in [2.75, 3.05) is 13.7 Å². The minimum Gasteiger partial charge on any atom is -0.373 e. The molecule has 1 atom stereocenters. The van der Waals surface area contributed by atoms with E-state index in [9.17, 15) is 0 Å². The third-order valence-corrected chi connectivity index (χ3v) is 4.06. The van der Waals surface area contributed by atoms with Gasteiger partial charge in [0.25, 0.3) is 0 Å². The van der Waals surface area contributed by atoms with E-state index in [1.165, 1.54) is 19.3 Å². The fourth-order valence-corrected chi connectivity index (χ4v) is 3.24. The molecule has 1 fully saturated rings. The SMILES string of the molecule is CCOC1(C(NC)c2nccn2C)CCCCC1. The second-order valence-corrected chi connectivity index (χ2v) is 5.18. The zero-order valence-electron chi connectivity index (χ0n) is 11.8. The molecule has 0 aliphatic heterocycles. The zero-order chi connectivity index (χ0) is 13.0. The number of nitrogens with one attached hydrogen (secondary N) is 1. The van der Waals surface area contributed by atoms with Gasteiger partial charge in [-0.1, -0.05) is 19.3 Å². The Morgan fingerprint density at radius 1 is 1.44 bits per heavy atom. The molecule has 2 rings (SSSR count). The van der Waals surface area contributed by atoms with Crippen LogP contribution in [0.1, 0.15) is 50.9 Å². The first-order valence-electron chi connectivity index (χ1n) is 7.02. The number of likely N-dealkylation sites (N-methyl/N-ethyl adjacent to an activating group) is 1.